The van der Waals surface area contributed by atoms with Crippen LogP contribution >= 0.6 is 0 Å². The van der Waals surface area contributed by atoms with Gasteiger partial charge in [0.2, 0.25) is 0 Å². The maximum Gasteiger partial charge on any atom is 0.292 e. The SMILES string of the molecule is Cn1cc(C(C)(O)CNc2ccccc2[N+](=O)[O-])cn1. The van der Waals surface area contributed by atoms with Crippen LogP contribution in [0.15, 0.2) is 36.7 Å². The summed E-state index contributed by atoms with van der Waals surface area (Å²) >= 11 is 0. The quantitative estimate of drug-likeness (QED) is 0.639. The molecule has 0 radical (unpaired) electrons. The summed E-state index contributed by atoms with van der Waals surface area (Å²) in [7, 11) is 1.76. The molecule has 1 heterocycles. The van der Waals surface area contributed by atoms with Crippen molar-refractivity contribution in [3.8, 4) is 0 Å². The molecular formula is C13H16N4O3. The minimum atomic E-state index is -1.17. The van der Waals surface area contributed by atoms with Crippen molar-refractivity contribution in [2.45, 2.75) is 12.5 Å². The molecule has 0 spiro atoms. The van der Waals surface area contributed by atoms with E-state index in [1.54, 1.807) is 49.2 Å². The number of rotatable bonds is 5. The lowest BCUT2D eigenvalue weighted by atomic mass is 9.99. The number of para-hydroxylation sites is 2. The molecule has 0 amide bonds. The van der Waals surface area contributed by atoms with Gasteiger partial charge < -0.3 is 10.4 Å². The number of anilines is 1. The van der Waals surface area contributed by atoms with Gasteiger partial charge in [0.1, 0.15) is 11.3 Å². The van der Waals surface area contributed by atoms with E-state index in [4.69, 9.17) is 0 Å². The summed E-state index contributed by atoms with van der Waals surface area (Å²) in [4.78, 5) is 10.5. The van der Waals surface area contributed by atoms with Crippen LogP contribution in [0.4, 0.5) is 11.4 Å². The Labute approximate surface area is 116 Å². The zero-order chi connectivity index (χ0) is 14.8. The van der Waals surface area contributed by atoms with Crippen molar-refractivity contribution in [1.29, 1.82) is 0 Å². The van der Waals surface area contributed by atoms with Gasteiger partial charge in [0.05, 0.1) is 11.1 Å². The fourth-order valence-electron chi connectivity index (χ4n) is 1.85. The van der Waals surface area contributed by atoms with Crippen molar-refractivity contribution in [1.82, 2.24) is 9.78 Å². The van der Waals surface area contributed by atoms with E-state index in [-0.39, 0.29) is 12.2 Å². The van der Waals surface area contributed by atoms with E-state index in [1.807, 2.05) is 0 Å². The lowest BCUT2D eigenvalue weighted by Crippen LogP contribution is -2.30. The van der Waals surface area contributed by atoms with E-state index in [1.165, 1.54) is 6.07 Å². The maximum absolute atomic E-state index is 10.9. The first kappa shape index (κ1) is 14.0. The minimum Gasteiger partial charge on any atom is -0.383 e. The number of nitrogens with one attached hydrogen (secondary N) is 1. The second-order valence-corrected chi connectivity index (χ2v) is 4.80. The van der Waals surface area contributed by atoms with Crippen molar-refractivity contribution < 1.29 is 10.0 Å². The highest BCUT2D eigenvalue weighted by molar-refractivity contribution is 5.61. The van der Waals surface area contributed by atoms with Crippen molar-refractivity contribution in [2.24, 2.45) is 7.05 Å². The molecule has 1 unspecified atom stereocenters. The Kier molecular flexibility index (Phi) is 3.71. The molecule has 2 rings (SSSR count). The van der Waals surface area contributed by atoms with Gasteiger partial charge in [-0.25, -0.2) is 0 Å². The molecule has 0 aliphatic carbocycles. The summed E-state index contributed by atoms with van der Waals surface area (Å²) in [6.45, 7) is 1.77. The van der Waals surface area contributed by atoms with Gasteiger partial charge in [0.25, 0.3) is 5.69 Å². The first-order valence-electron chi connectivity index (χ1n) is 6.09. The summed E-state index contributed by atoms with van der Waals surface area (Å²) in [5.74, 6) is 0. The van der Waals surface area contributed by atoms with Crippen molar-refractivity contribution in [2.75, 3.05) is 11.9 Å². The number of aliphatic hydroxyl groups is 1. The predicted molar refractivity (Wildman–Crippen MR) is 74.4 cm³/mol. The number of hydrogen-bond donors (Lipinski definition) is 2. The zero-order valence-corrected chi connectivity index (χ0v) is 11.3. The van der Waals surface area contributed by atoms with Gasteiger partial charge in [0.15, 0.2) is 0 Å². The Hall–Kier alpha value is -2.41. The first-order valence-corrected chi connectivity index (χ1v) is 6.09. The van der Waals surface area contributed by atoms with Crippen molar-refractivity contribution in [3.05, 3.63) is 52.3 Å². The third-order valence-corrected chi connectivity index (χ3v) is 3.05. The highest BCUT2D eigenvalue weighted by Crippen LogP contribution is 2.26. The standard InChI is InChI=1S/C13H16N4O3/c1-13(18,10-7-15-16(2)8-10)9-14-11-5-3-4-6-12(11)17(19)20/h3-8,14,18H,9H2,1-2H3. The van der Waals surface area contributed by atoms with E-state index in [0.29, 0.717) is 11.3 Å². The molecule has 7 nitrogen and oxygen atoms in total. The first-order chi connectivity index (χ1) is 9.40. The summed E-state index contributed by atoms with van der Waals surface area (Å²) in [6, 6.07) is 6.33. The molecule has 0 bridgehead atoms. The van der Waals surface area contributed by atoms with Crippen LogP contribution in [0.1, 0.15) is 12.5 Å². The number of hydrogen-bond acceptors (Lipinski definition) is 5. The lowest BCUT2D eigenvalue weighted by Gasteiger charge is -2.22. The molecule has 0 aliphatic heterocycles. The molecular weight excluding hydrogens is 260 g/mol. The highest BCUT2D eigenvalue weighted by atomic mass is 16.6. The Morgan fingerprint density at radius 2 is 2.20 bits per heavy atom. The molecule has 2 aromatic rings. The molecule has 20 heavy (non-hydrogen) atoms. The monoisotopic (exact) mass is 276 g/mol. The number of aryl methyl sites for hydroxylation is 1. The summed E-state index contributed by atoms with van der Waals surface area (Å²) in [6.07, 6.45) is 3.28. The van der Waals surface area contributed by atoms with E-state index in [0.717, 1.165) is 0 Å². The normalized spacial score (nSPS) is 13.8. The average molecular weight is 276 g/mol. The predicted octanol–water partition coefficient (Wildman–Crippen LogP) is 1.65. The topological polar surface area (TPSA) is 93.2 Å². The van der Waals surface area contributed by atoms with Crippen LogP contribution in [0, 0.1) is 10.1 Å². The zero-order valence-electron chi connectivity index (χ0n) is 11.3. The summed E-state index contributed by atoms with van der Waals surface area (Å²) < 4.78 is 1.59. The fraction of sp³-hybridized carbons (Fsp3) is 0.308. The van der Waals surface area contributed by atoms with Crippen LogP contribution in [-0.2, 0) is 12.6 Å². The Morgan fingerprint density at radius 3 is 2.80 bits per heavy atom. The lowest BCUT2D eigenvalue weighted by molar-refractivity contribution is -0.384. The highest BCUT2D eigenvalue weighted by Gasteiger charge is 2.25. The second-order valence-electron chi connectivity index (χ2n) is 4.80. The third kappa shape index (κ3) is 2.94. The van der Waals surface area contributed by atoms with Crippen LogP contribution in [-0.4, -0.2) is 26.4 Å². The van der Waals surface area contributed by atoms with Gasteiger partial charge in [-0.3, -0.25) is 14.8 Å². The van der Waals surface area contributed by atoms with Crippen molar-refractivity contribution >= 4 is 11.4 Å². The van der Waals surface area contributed by atoms with Crippen LogP contribution in [0.3, 0.4) is 0 Å². The molecule has 1 atom stereocenters. The van der Waals surface area contributed by atoms with Gasteiger partial charge in [0, 0.05) is 31.4 Å². The fourth-order valence-corrected chi connectivity index (χ4v) is 1.85. The summed E-state index contributed by atoms with van der Waals surface area (Å²) in [5, 5.41) is 28.2. The Morgan fingerprint density at radius 1 is 1.50 bits per heavy atom. The Bertz CT molecular complexity index is 622. The van der Waals surface area contributed by atoms with Gasteiger partial charge in [-0.05, 0) is 13.0 Å². The van der Waals surface area contributed by atoms with E-state index in [2.05, 4.69) is 10.4 Å². The molecule has 1 aromatic heterocycles. The van der Waals surface area contributed by atoms with E-state index in [9.17, 15) is 15.2 Å². The minimum absolute atomic E-state index is 0.0190. The third-order valence-electron chi connectivity index (χ3n) is 3.05. The van der Waals surface area contributed by atoms with Crippen LogP contribution in [0.25, 0.3) is 0 Å². The molecule has 0 fully saturated rings. The van der Waals surface area contributed by atoms with Crippen LogP contribution in [0.5, 0.6) is 0 Å². The number of nitro groups is 1. The van der Waals surface area contributed by atoms with Crippen LogP contribution < -0.4 is 5.32 Å². The van der Waals surface area contributed by atoms with Gasteiger partial charge >= 0.3 is 0 Å². The smallest absolute Gasteiger partial charge is 0.292 e. The number of aromatic nitrogens is 2. The molecule has 0 saturated heterocycles. The molecule has 7 heteroatoms. The van der Waals surface area contributed by atoms with Crippen LogP contribution in [0.2, 0.25) is 0 Å². The summed E-state index contributed by atoms with van der Waals surface area (Å²) in [5.41, 5.74) is -0.167. The van der Waals surface area contributed by atoms with E-state index >= 15 is 0 Å². The molecule has 2 N–H and O–H groups in total. The number of nitrogens with zero attached hydrogens (tertiary/aromatic N) is 3. The number of benzene rings is 1. The van der Waals surface area contributed by atoms with Crippen molar-refractivity contribution in [3.63, 3.8) is 0 Å². The van der Waals surface area contributed by atoms with Gasteiger partial charge in [-0.1, -0.05) is 12.1 Å². The second kappa shape index (κ2) is 5.30. The maximum atomic E-state index is 10.9. The largest absolute Gasteiger partial charge is 0.383 e. The molecule has 1 aromatic carbocycles. The van der Waals surface area contributed by atoms with E-state index < -0.39 is 10.5 Å². The molecule has 0 aliphatic rings. The van der Waals surface area contributed by atoms with Gasteiger partial charge in [-0.15, -0.1) is 0 Å². The average Bonchev–Trinajstić information content (AvgIpc) is 2.84. The number of nitro benzene ring substituents is 1. The molecule has 0 saturated carbocycles. The van der Waals surface area contributed by atoms with Gasteiger partial charge in [-0.2, -0.15) is 5.10 Å². The molecule has 106 valence electrons. The Balaban J connectivity index is 2.14.